The minimum Gasteiger partial charge on any atom is -0.481 e. The molecule has 1 atom stereocenters. The van der Waals surface area contributed by atoms with Crippen LogP contribution in [0.1, 0.15) is 12.8 Å². The number of para-hydroxylation sites is 1. The molecular weight excluding hydrogens is 296 g/mol. The van der Waals surface area contributed by atoms with Crippen LogP contribution in [0.2, 0.25) is 0 Å². The van der Waals surface area contributed by atoms with E-state index in [-0.39, 0.29) is 12.5 Å². The highest BCUT2D eigenvalue weighted by Gasteiger charge is 2.21. The predicted molar refractivity (Wildman–Crippen MR) is 75.0 cm³/mol. The molecule has 1 aromatic rings. The fraction of sp³-hybridized carbons (Fsp3) is 0.462. The Balaban J connectivity index is 2.12. The topological polar surface area (TPSA) is 52.6 Å². The second kappa shape index (κ2) is 6.20. The van der Waals surface area contributed by atoms with Gasteiger partial charge in [-0.1, -0.05) is 12.1 Å². The molecule has 1 saturated heterocycles. The van der Waals surface area contributed by atoms with Crippen molar-refractivity contribution in [1.82, 2.24) is 5.32 Å². The summed E-state index contributed by atoms with van der Waals surface area (Å²) in [6, 6.07) is 8.08. The van der Waals surface area contributed by atoms with Crippen LogP contribution in [0.4, 0.5) is 5.69 Å². The van der Waals surface area contributed by atoms with Gasteiger partial charge in [-0.25, -0.2) is 0 Å². The molecule has 1 fully saturated rings. The lowest BCUT2D eigenvalue weighted by Crippen LogP contribution is -2.39. The molecule has 18 heavy (non-hydrogen) atoms. The summed E-state index contributed by atoms with van der Waals surface area (Å²) in [5, 5.41) is 12.2. The van der Waals surface area contributed by atoms with Gasteiger partial charge in [0.05, 0.1) is 12.1 Å². The fourth-order valence-electron chi connectivity index (χ4n) is 2.27. The number of hydrogen-bond acceptors (Lipinski definition) is 3. The van der Waals surface area contributed by atoms with Crippen molar-refractivity contribution in [2.75, 3.05) is 24.5 Å². The van der Waals surface area contributed by atoms with E-state index in [0.717, 1.165) is 36.2 Å². The highest BCUT2D eigenvalue weighted by molar-refractivity contribution is 9.10. The zero-order valence-corrected chi connectivity index (χ0v) is 11.7. The summed E-state index contributed by atoms with van der Waals surface area (Å²) < 4.78 is 1.06. The SMILES string of the molecule is O=C(O)CC1CN(c2ccccc2Br)CCCN1. The molecule has 5 heteroatoms. The van der Waals surface area contributed by atoms with Crippen LogP contribution < -0.4 is 10.2 Å². The third-order valence-electron chi connectivity index (χ3n) is 3.09. The molecule has 4 nitrogen and oxygen atoms in total. The summed E-state index contributed by atoms with van der Waals surface area (Å²) in [7, 11) is 0. The van der Waals surface area contributed by atoms with Crippen LogP contribution in [-0.4, -0.2) is 36.8 Å². The number of halogens is 1. The Bertz CT molecular complexity index is 425. The highest BCUT2D eigenvalue weighted by Crippen LogP contribution is 2.26. The summed E-state index contributed by atoms with van der Waals surface area (Å²) >= 11 is 3.55. The van der Waals surface area contributed by atoms with E-state index in [0.29, 0.717) is 0 Å². The molecule has 0 aliphatic carbocycles. The van der Waals surface area contributed by atoms with Crippen molar-refractivity contribution in [3.8, 4) is 0 Å². The second-order valence-corrected chi connectivity index (χ2v) is 5.35. The number of carboxylic acids is 1. The fourth-order valence-corrected chi connectivity index (χ4v) is 2.81. The third kappa shape index (κ3) is 3.46. The van der Waals surface area contributed by atoms with Crippen LogP contribution in [0, 0.1) is 0 Å². The van der Waals surface area contributed by atoms with Gasteiger partial charge in [0.15, 0.2) is 0 Å². The van der Waals surface area contributed by atoms with E-state index in [1.54, 1.807) is 0 Å². The van der Waals surface area contributed by atoms with E-state index >= 15 is 0 Å². The lowest BCUT2D eigenvalue weighted by Gasteiger charge is -2.26. The molecule has 0 spiro atoms. The van der Waals surface area contributed by atoms with Crippen LogP contribution in [0.3, 0.4) is 0 Å². The molecule has 0 aromatic heterocycles. The van der Waals surface area contributed by atoms with Gasteiger partial charge < -0.3 is 15.3 Å². The quantitative estimate of drug-likeness (QED) is 0.897. The number of nitrogens with one attached hydrogen (secondary N) is 1. The number of hydrogen-bond donors (Lipinski definition) is 2. The summed E-state index contributed by atoms with van der Waals surface area (Å²) in [4.78, 5) is 13.1. The van der Waals surface area contributed by atoms with Gasteiger partial charge >= 0.3 is 5.97 Å². The Morgan fingerprint density at radius 1 is 1.50 bits per heavy atom. The van der Waals surface area contributed by atoms with E-state index in [9.17, 15) is 4.79 Å². The molecule has 1 aliphatic rings. The normalized spacial score (nSPS) is 20.5. The average molecular weight is 313 g/mol. The minimum absolute atomic E-state index is 0.0112. The van der Waals surface area contributed by atoms with Crippen molar-refractivity contribution >= 4 is 27.6 Å². The van der Waals surface area contributed by atoms with Crippen LogP contribution in [0.15, 0.2) is 28.7 Å². The number of benzene rings is 1. The average Bonchev–Trinajstić information content (AvgIpc) is 2.54. The number of rotatable bonds is 3. The first-order valence-electron chi connectivity index (χ1n) is 6.11. The molecule has 1 unspecified atom stereocenters. The molecule has 0 saturated carbocycles. The van der Waals surface area contributed by atoms with Crippen molar-refractivity contribution in [2.45, 2.75) is 18.9 Å². The van der Waals surface area contributed by atoms with Gasteiger partial charge in [-0.2, -0.15) is 0 Å². The summed E-state index contributed by atoms with van der Waals surface area (Å²) in [5.74, 6) is -0.749. The number of carbonyl (C=O) groups is 1. The van der Waals surface area contributed by atoms with Crippen molar-refractivity contribution in [2.24, 2.45) is 0 Å². The molecule has 2 N–H and O–H groups in total. The van der Waals surface area contributed by atoms with E-state index < -0.39 is 5.97 Å². The second-order valence-electron chi connectivity index (χ2n) is 4.50. The summed E-state index contributed by atoms with van der Waals surface area (Å²) in [6.45, 7) is 2.56. The molecular formula is C13H17BrN2O2. The number of carboxylic acid groups (broad SMARTS) is 1. The highest BCUT2D eigenvalue weighted by atomic mass is 79.9. The van der Waals surface area contributed by atoms with Gasteiger partial charge in [0.2, 0.25) is 0 Å². The van der Waals surface area contributed by atoms with Crippen molar-refractivity contribution in [3.63, 3.8) is 0 Å². The summed E-state index contributed by atoms with van der Waals surface area (Å²) in [6.07, 6.45) is 1.19. The van der Waals surface area contributed by atoms with Gasteiger partial charge in [0, 0.05) is 23.6 Å². The lowest BCUT2D eigenvalue weighted by atomic mass is 10.2. The van der Waals surface area contributed by atoms with Gasteiger partial charge in [-0.15, -0.1) is 0 Å². The minimum atomic E-state index is -0.749. The van der Waals surface area contributed by atoms with Crippen molar-refractivity contribution in [3.05, 3.63) is 28.7 Å². The maximum absolute atomic E-state index is 10.8. The van der Waals surface area contributed by atoms with E-state index in [1.165, 1.54) is 0 Å². The van der Waals surface area contributed by atoms with E-state index in [4.69, 9.17) is 5.11 Å². The first-order valence-corrected chi connectivity index (χ1v) is 6.91. The Kier molecular flexibility index (Phi) is 4.60. The van der Waals surface area contributed by atoms with Crippen molar-refractivity contribution < 1.29 is 9.90 Å². The van der Waals surface area contributed by atoms with E-state index in [1.807, 2.05) is 18.2 Å². The largest absolute Gasteiger partial charge is 0.481 e. The standard InChI is InChI=1S/C13H17BrN2O2/c14-11-4-1-2-5-12(11)16-7-3-6-15-10(9-16)8-13(17)18/h1-2,4-5,10,15H,3,6-9H2,(H,17,18). The van der Waals surface area contributed by atoms with Gasteiger partial charge in [0.1, 0.15) is 0 Å². The molecule has 0 bridgehead atoms. The maximum atomic E-state index is 10.8. The number of anilines is 1. The van der Waals surface area contributed by atoms with Crippen LogP contribution in [0.5, 0.6) is 0 Å². The molecule has 98 valence electrons. The molecule has 1 aliphatic heterocycles. The van der Waals surface area contributed by atoms with Gasteiger partial charge in [-0.05, 0) is 41.0 Å². The Morgan fingerprint density at radius 3 is 3.00 bits per heavy atom. The lowest BCUT2D eigenvalue weighted by molar-refractivity contribution is -0.137. The van der Waals surface area contributed by atoms with Gasteiger partial charge in [0.25, 0.3) is 0 Å². The van der Waals surface area contributed by atoms with Crippen LogP contribution in [-0.2, 0) is 4.79 Å². The number of nitrogens with zero attached hydrogens (tertiary/aromatic N) is 1. The molecule has 1 heterocycles. The Hall–Kier alpha value is -1.07. The molecule has 1 aromatic carbocycles. The Labute approximate surface area is 115 Å². The van der Waals surface area contributed by atoms with Crippen LogP contribution >= 0.6 is 15.9 Å². The number of aliphatic carboxylic acids is 1. The molecule has 0 radical (unpaired) electrons. The third-order valence-corrected chi connectivity index (χ3v) is 3.76. The first kappa shape index (κ1) is 13.4. The molecule has 2 rings (SSSR count). The molecule has 0 amide bonds. The van der Waals surface area contributed by atoms with Crippen molar-refractivity contribution in [1.29, 1.82) is 0 Å². The smallest absolute Gasteiger partial charge is 0.304 e. The monoisotopic (exact) mass is 312 g/mol. The summed E-state index contributed by atoms with van der Waals surface area (Å²) in [5.41, 5.74) is 1.14. The predicted octanol–water partition coefficient (Wildman–Crippen LogP) is 2.09. The Morgan fingerprint density at radius 2 is 2.28 bits per heavy atom. The maximum Gasteiger partial charge on any atom is 0.304 e. The van der Waals surface area contributed by atoms with E-state index in [2.05, 4.69) is 32.2 Å². The zero-order valence-electron chi connectivity index (χ0n) is 10.1. The van der Waals surface area contributed by atoms with Gasteiger partial charge in [-0.3, -0.25) is 4.79 Å². The first-order chi connectivity index (χ1) is 8.66. The van der Waals surface area contributed by atoms with Crippen LogP contribution in [0.25, 0.3) is 0 Å². The zero-order chi connectivity index (χ0) is 13.0.